The third kappa shape index (κ3) is 7.60. The SMILES string of the molecule is O=C(COc1ccc(Cl)c(F)c1)NC1CCC(CNC(=O)Nc2ccc(Cl)cc2)CC1. The first-order valence-corrected chi connectivity index (χ1v) is 10.8. The van der Waals surface area contributed by atoms with E-state index in [2.05, 4.69) is 16.0 Å². The maximum Gasteiger partial charge on any atom is 0.319 e. The number of carbonyl (C=O) groups excluding carboxylic acids is 2. The predicted molar refractivity (Wildman–Crippen MR) is 119 cm³/mol. The minimum absolute atomic E-state index is 0.00510. The lowest BCUT2D eigenvalue weighted by Crippen LogP contribution is -2.42. The van der Waals surface area contributed by atoms with E-state index >= 15 is 0 Å². The van der Waals surface area contributed by atoms with E-state index < -0.39 is 5.82 Å². The average Bonchev–Trinajstić information content (AvgIpc) is 2.76. The van der Waals surface area contributed by atoms with Gasteiger partial charge in [0.15, 0.2) is 6.61 Å². The fraction of sp³-hybridized carbons (Fsp3) is 0.364. The summed E-state index contributed by atoms with van der Waals surface area (Å²) >= 11 is 11.5. The van der Waals surface area contributed by atoms with Crippen molar-refractivity contribution in [3.05, 3.63) is 58.3 Å². The molecular weight excluding hydrogens is 444 g/mol. The molecule has 3 amide bonds. The van der Waals surface area contributed by atoms with E-state index in [4.69, 9.17) is 27.9 Å². The molecule has 1 fully saturated rings. The molecule has 3 rings (SSSR count). The molecule has 1 aliphatic carbocycles. The summed E-state index contributed by atoms with van der Waals surface area (Å²) in [4.78, 5) is 24.1. The van der Waals surface area contributed by atoms with Gasteiger partial charge >= 0.3 is 6.03 Å². The molecule has 9 heteroatoms. The third-order valence-electron chi connectivity index (χ3n) is 5.13. The van der Waals surface area contributed by atoms with Crippen LogP contribution in [-0.2, 0) is 4.79 Å². The number of hydrogen-bond donors (Lipinski definition) is 3. The first-order chi connectivity index (χ1) is 14.9. The van der Waals surface area contributed by atoms with E-state index in [1.165, 1.54) is 12.1 Å². The van der Waals surface area contributed by atoms with Crippen LogP contribution in [0.1, 0.15) is 25.7 Å². The van der Waals surface area contributed by atoms with Crippen molar-refractivity contribution in [3.8, 4) is 5.75 Å². The normalized spacial score (nSPS) is 18.2. The number of amides is 3. The number of carbonyl (C=O) groups is 2. The van der Waals surface area contributed by atoms with Crippen LogP contribution in [0.15, 0.2) is 42.5 Å². The van der Waals surface area contributed by atoms with Crippen molar-refractivity contribution in [2.24, 2.45) is 5.92 Å². The van der Waals surface area contributed by atoms with Gasteiger partial charge in [0.2, 0.25) is 0 Å². The maximum absolute atomic E-state index is 13.4. The molecule has 0 radical (unpaired) electrons. The lowest BCUT2D eigenvalue weighted by atomic mass is 9.86. The van der Waals surface area contributed by atoms with Crippen LogP contribution < -0.4 is 20.7 Å². The summed E-state index contributed by atoms with van der Waals surface area (Å²) in [5.41, 5.74) is 0.678. The summed E-state index contributed by atoms with van der Waals surface area (Å²) in [6.45, 7) is 0.388. The van der Waals surface area contributed by atoms with Crippen LogP contribution in [0.25, 0.3) is 0 Å². The molecule has 1 saturated carbocycles. The van der Waals surface area contributed by atoms with Crippen LogP contribution >= 0.6 is 23.2 Å². The van der Waals surface area contributed by atoms with E-state index in [0.717, 1.165) is 31.7 Å². The number of urea groups is 1. The van der Waals surface area contributed by atoms with E-state index in [1.807, 2.05) is 0 Å². The first-order valence-electron chi connectivity index (χ1n) is 10.1. The second-order valence-electron chi connectivity index (χ2n) is 7.49. The highest BCUT2D eigenvalue weighted by molar-refractivity contribution is 6.31. The van der Waals surface area contributed by atoms with Gasteiger partial charge in [-0.2, -0.15) is 0 Å². The van der Waals surface area contributed by atoms with Crippen molar-refractivity contribution in [2.75, 3.05) is 18.5 Å². The molecule has 6 nitrogen and oxygen atoms in total. The molecule has 166 valence electrons. The highest BCUT2D eigenvalue weighted by Crippen LogP contribution is 2.24. The summed E-state index contributed by atoms with van der Waals surface area (Å²) in [7, 11) is 0. The molecule has 0 aromatic heterocycles. The molecule has 0 aliphatic heterocycles. The third-order valence-corrected chi connectivity index (χ3v) is 5.68. The fourth-order valence-corrected chi connectivity index (χ4v) is 3.68. The van der Waals surface area contributed by atoms with Crippen molar-refractivity contribution in [1.29, 1.82) is 0 Å². The van der Waals surface area contributed by atoms with Crippen molar-refractivity contribution in [2.45, 2.75) is 31.7 Å². The number of nitrogens with one attached hydrogen (secondary N) is 3. The van der Waals surface area contributed by atoms with E-state index in [9.17, 15) is 14.0 Å². The summed E-state index contributed by atoms with van der Waals surface area (Å²) in [5.74, 6) is -0.228. The lowest BCUT2D eigenvalue weighted by molar-refractivity contribution is -0.124. The fourth-order valence-electron chi connectivity index (χ4n) is 3.44. The zero-order valence-corrected chi connectivity index (χ0v) is 18.3. The Balaban J connectivity index is 1.31. The minimum atomic E-state index is -0.589. The summed E-state index contributed by atoms with van der Waals surface area (Å²) in [5, 5.41) is 9.21. The maximum atomic E-state index is 13.4. The number of benzene rings is 2. The molecule has 3 N–H and O–H groups in total. The highest BCUT2D eigenvalue weighted by Gasteiger charge is 2.23. The van der Waals surface area contributed by atoms with Crippen molar-refractivity contribution < 1.29 is 18.7 Å². The van der Waals surface area contributed by atoms with Crippen molar-refractivity contribution in [1.82, 2.24) is 10.6 Å². The molecule has 0 bridgehead atoms. The van der Waals surface area contributed by atoms with Gasteiger partial charge in [0.25, 0.3) is 5.91 Å². The Bertz CT molecular complexity index is 903. The van der Waals surface area contributed by atoms with E-state index in [1.54, 1.807) is 24.3 Å². The smallest absolute Gasteiger partial charge is 0.319 e. The van der Waals surface area contributed by atoms with Gasteiger partial charge in [-0.15, -0.1) is 0 Å². The molecule has 31 heavy (non-hydrogen) atoms. The van der Waals surface area contributed by atoms with Gasteiger partial charge in [0.05, 0.1) is 5.02 Å². The van der Waals surface area contributed by atoms with Gasteiger partial charge in [0, 0.05) is 29.4 Å². The van der Waals surface area contributed by atoms with Crippen molar-refractivity contribution in [3.63, 3.8) is 0 Å². The zero-order valence-electron chi connectivity index (χ0n) is 16.8. The summed E-state index contributed by atoms with van der Waals surface area (Å²) in [6, 6.07) is 10.8. The molecule has 2 aromatic rings. The van der Waals surface area contributed by atoms with E-state index in [0.29, 0.717) is 23.2 Å². The zero-order chi connectivity index (χ0) is 22.2. The monoisotopic (exact) mass is 467 g/mol. The Morgan fingerprint density at radius 2 is 1.74 bits per heavy atom. The highest BCUT2D eigenvalue weighted by atomic mass is 35.5. The summed E-state index contributed by atoms with van der Waals surface area (Å²) < 4.78 is 18.7. The number of hydrogen-bond acceptors (Lipinski definition) is 3. The van der Waals surface area contributed by atoms with Gasteiger partial charge in [-0.3, -0.25) is 4.79 Å². The molecule has 1 aliphatic rings. The van der Waals surface area contributed by atoms with E-state index in [-0.39, 0.29) is 35.4 Å². The van der Waals surface area contributed by atoms with Crippen LogP contribution in [0.4, 0.5) is 14.9 Å². The standard InChI is InChI=1S/C22H24Cl2FN3O3/c23-15-3-7-17(8-4-15)28-22(30)26-12-14-1-5-16(6-2-14)27-21(29)13-31-18-9-10-19(24)20(25)11-18/h3-4,7-11,14,16H,1-2,5-6,12-13H2,(H,27,29)(H2,26,28,30). The number of halogens is 3. The topological polar surface area (TPSA) is 79.5 Å². The molecular formula is C22H24Cl2FN3O3. The molecule has 0 saturated heterocycles. The Kier molecular flexibility index (Phi) is 8.37. The Morgan fingerprint density at radius 3 is 2.42 bits per heavy atom. The Labute approximate surface area is 190 Å². The molecule has 0 spiro atoms. The quantitative estimate of drug-likeness (QED) is 0.535. The second-order valence-corrected chi connectivity index (χ2v) is 8.34. The molecule has 0 unspecified atom stereocenters. The van der Waals surface area contributed by atoms with Crippen LogP contribution in [0.5, 0.6) is 5.75 Å². The second kappa shape index (κ2) is 11.2. The van der Waals surface area contributed by atoms with Crippen LogP contribution in [0, 0.1) is 11.7 Å². The molecule has 0 atom stereocenters. The van der Waals surface area contributed by atoms with Gasteiger partial charge in [-0.05, 0) is 68.0 Å². The predicted octanol–water partition coefficient (Wildman–Crippen LogP) is 5.01. The molecule has 2 aromatic carbocycles. The number of rotatable bonds is 7. The lowest BCUT2D eigenvalue weighted by Gasteiger charge is -2.29. The van der Waals surface area contributed by atoms with Gasteiger partial charge in [0.1, 0.15) is 11.6 Å². The van der Waals surface area contributed by atoms with Crippen molar-refractivity contribution >= 4 is 40.8 Å². The van der Waals surface area contributed by atoms with Crippen LogP contribution in [0.3, 0.4) is 0 Å². The van der Waals surface area contributed by atoms with Crippen LogP contribution in [-0.4, -0.2) is 31.1 Å². The van der Waals surface area contributed by atoms with Gasteiger partial charge in [-0.1, -0.05) is 23.2 Å². The Morgan fingerprint density at radius 1 is 1.03 bits per heavy atom. The Hall–Kier alpha value is -2.51. The summed E-state index contributed by atoms with van der Waals surface area (Å²) in [6.07, 6.45) is 3.45. The number of ether oxygens (including phenoxy) is 1. The first kappa shape index (κ1) is 23.2. The molecule has 0 heterocycles. The number of anilines is 1. The minimum Gasteiger partial charge on any atom is -0.484 e. The van der Waals surface area contributed by atoms with Gasteiger partial charge in [-0.25, -0.2) is 9.18 Å². The van der Waals surface area contributed by atoms with Crippen LogP contribution in [0.2, 0.25) is 10.0 Å². The average molecular weight is 468 g/mol. The largest absolute Gasteiger partial charge is 0.484 e. The van der Waals surface area contributed by atoms with Gasteiger partial charge < -0.3 is 20.7 Å².